The maximum Gasteiger partial charge on any atom is 0.312 e. The van der Waals surface area contributed by atoms with Gasteiger partial charge in [0.2, 0.25) is 0 Å². The number of unbranched alkanes of at least 4 members (excludes halogenated alkanes) is 1. The van der Waals surface area contributed by atoms with Gasteiger partial charge < -0.3 is 9.64 Å². The lowest BCUT2D eigenvalue weighted by Crippen LogP contribution is -2.47. The lowest BCUT2D eigenvalue weighted by atomic mass is 9.76. The average molecular weight is 391 g/mol. The van der Waals surface area contributed by atoms with Crippen LogP contribution in [0.3, 0.4) is 0 Å². The highest BCUT2D eigenvalue weighted by Crippen LogP contribution is 2.43. The van der Waals surface area contributed by atoms with E-state index in [9.17, 15) is 9.18 Å². The second kappa shape index (κ2) is 9.73. The lowest BCUT2D eigenvalue weighted by molar-refractivity contribution is -0.149. The molecule has 1 aromatic rings. The van der Waals surface area contributed by atoms with Crippen LogP contribution in [0.5, 0.6) is 0 Å². The van der Waals surface area contributed by atoms with Crippen molar-refractivity contribution >= 4 is 11.7 Å². The van der Waals surface area contributed by atoms with Crippen LogP contribution in [0.4, 0.5) is 10.1 Å². The van der Waals surface area contributed by atoms with Crippen LogP contribution in [-0.4, -0.2) is 49.7 Å². The van der Waals surface area contributed by atoms with Gasteiger partial charge in [-0.25, -0.2) is 4.39 Å². The summed E-state index contributed by atoms with van der Waals surface area (Å²) in [7, 11) is 0. The van der Waals surface area contributed by atoms with Crippen molar-refractivity contribution in [2.45, 2.75) is 64.9 Å². The molecule has 0 aliphatic carbocycles. The first-order chi connectivity index (χ1) is 13.6. The Kier molecular flexibility index (Phi) is 7.33. The van der Waals surface area contributed by atoms with Gasteiger partial charge in [0.05, 0.1) is 5.41 Å². The predicted molar refractivity (Wildman–Crippen MR) is 111 cm³/mol. The minimum atomic E-state index is -0.225. The van der Waals surface area contributed by atoms with Gasteiger partial charge in [-0.15, -0.1) is 0 Å². The number of ether oxygens (including phenoxy) is 1. The number of carbonyl (C=O) groups excluding carboxylic acids is 1. The van der Waals surface area contributed by atoms with Crippen molar-refractivity contribution in [3.05, 3.63) is 30.1 Å². The number of cyclic esters (lactones) is 1. The third kappa shape index (κ3) is 5.05. The Balaban J connectivity index is 1.45. The molecule has 5 heteroatoms. The highest BCUT2D eigenvalue weighted by Gasteiger charge is 2.47. The van der Waals surface area contributed by atoms with Crippen molar-refractivity contribution in [3.63, 3.8) is 0 Å². The molecule has 4 nitrogen and oxygen atoms in total. The summed E-state index contributed by atoms with van der Waals surface area (Å²) in [5, 5.41) is 0. The van der Waals surface area contributed by atoms with Gasteiger partial charge in [-0.05, 0) is 43.5 Å². The Morgan fingerprint density at radius 2 is 1.79 bits per heavy atom. The number of rotatable bonds is 9. The van der Waals surface area contributed by atoms with Crippen molar-refractivity contribution < 1.29 is 13.9 Å². The molecule has 156 valence electrons. The van der Waals surface area contributed by atoms with Gasteiger partial charge in [0.15, 0.2) is 0 Å². The molecule has 2 aliphatic rings. The first kappa shape index (κ1) is 21.1. The topological polar surface area (TPSA) is 32.8 Å². The van der Waals surface area contributed by atoms with E-state index in [0.717, 1.165) is 83.4 Å². The van der Waals surface area contributed by atoms with Gasteiger partial charge in [-0.1, -0.05) is 33.1 Å². The standard InChI is InChI=1S/C23H35FN2O2/c1-3-5-12-23(11-4-2)18-21(28-22(23)27)10-13-25-14-16-26(17-15-25)20-8-6-19(24)7-9-20/h6-9,21H,3-5,10-18H2,1-2H3/t21-,23?/m0/s1. The maximum atomic E-state index is 13.1. The molecule has 2 fully saturated rings. The van der Waals surface area contributed by atoms with Crippen LogP contribution in [0, 0.1) is 11.2 Å². The van der Waals surface area contributed by atoms with Crippen LogP contribution in [0.1, 0.15) is 58.8 Å². The second-order valence-electron chi connectivity index (χ2n) is 8.46. The monoisotopic (exact) mass is 390 g/mol. The number of hydrogen-bond acceptors (Lipinski definition) is 4. The number of carbonyl (C=O) groups is 1. The van der Waals surface area contributed by atoms with Gasteiger partial charge in [0.25, 0.3) is 0 Å². The number of halogens is 1. The summed E-state index contributed by atoms with van der Waals surface area (Å²) in [6, 6.07) is 6.76. The van der Waals surface area contributed by atoms with E-state index in [4.69, 9.17) is 4.74 Å². The molecular weight excluding hydrogens is 355 g/mol. The summed E-state index contributed by atoms with van der Waals surface area (Å²) in [5.41, 5.74) is 0.863. The largest absolute Gasteiger partial charge is 0.462 e. The van der Waals surface area contributed by atoms with E-state index >= 15 is 0 Å². The molecule has 1 aromatic carbocycles. The Bertz CT molecular complexity index is 628. The molecule has 2 atom stereocenters. The molecule has 0 N–H and O–H groups in total. The molecule has 0 aromatic heterocycles. The molecule has 2 saturated heterocycles. The third-order valence-electron chi connectivity index (χ3n) is 6.39. The Labute approximate surface area is 169 Å². The number of piperazine rings is 1. The van der Waals surface area contributed by atoms with Crippen LogP contribution < -0.4 is 4.90 Å². The summed E-state index contributed by atoms with van der Waals surface area (Å²) in [5.74, 6) is -0.138. The zero-order valence-corrected chi connectivity index (χ0v) is 17.5. The van der Waals surface area contributed by atoms with Gasteiger partial charge >= 0.3 is 5.97 Å². The zero-order chi connectivity index (χ0) is 20.0. The van der Waals surface area contributed by atoms with Crippen molar-refractivity contribution in [3.8, 4) is 0 Å². The fraction of sp³-hybridized carbons (Fsp3) is 0.696. The third-order valence-corrected chi connectivity index (χ3v) is 6.39. The van der Waals surface area contributed by atoms with Crippen LogP contribution in [-0.2, 0) is 9.53 Å². The molecular formula is C23H35FN2O2. The molecule has 28 heavy (non-hydrogen) atoms. The summed E-state index contributed by atoms with van der Waals surface area (Å²) in [6.45, 7) is 9.21. The molecule has 3 rings (SSSR count). The van der Waals surface area contributed by atoms with Crippen molar-refractivity contribution in [1.29, 1.82) is 0 Å². The smallest absolute Gasteiger partial charge is 0.312 e. The highest BCUT2D eigenvalue weighted by molar-refractivity contribution is 5.79. The van der Waals surface area contributed by atoms with E-state index in [2.05, 4.69) is 23.6 Å². The molecule has 0 bridgehead atoms. The molecule has 2 aliphatic heterocycles. The first-order valence-corrected chi connectivity index (χ1v) is 11.0. The fourth-order valence-corrected chi connectivity index (χ4v) is 4.73. The van der Waals surface area contributed by atoms with Gasteiger partial charge in [0.1, 0.15) is 11.9 Å². The number of nitrogens with zero attached hydrogens (tertiary/aromatic N) is 2. The van der Waals surface area contributed by atoms with E-state index in [1.165, 1.54) is 12.1 Å². The fourth-order valence-electron chi connectivity index (χ4n) is 4.73. The lowest BCUT2D eigenvalue weighted by Gasteiger charge is -2.36. The maximum absolute atomic E-state index is 13.1. The SMILES string of the molecule is CCCCC1(CCC)C[C@H](CCN2CCN(c3ccc(F)cc3)CC2)OC1=O. The number of hydrogen-bond donors (Lipinski definition) is 0. The quantitative estimate of drug-likeness (QED) is 0.576. The van der Waals surface area contributed by atoms with E-state index in [0.29, 0.717) is 0 Å². The first-order valence-electron chi connectivity index (χ1n) is 11.0. The van der Waals surface area contributed by atoms with Gasteiger partial charge in [-0.2, -0.15) is 0 Å². The molecule has 1 unspecified atom stereocenters. The normalized spacial score (nSPS) is 25.9. The van der Waals surface area contributed by atoms with Crippen LogP contribution in [0.15, 0.2) is 24.3 Å². The number of benzene rings is 1. The zero-order valence-electron chi connectivity index (χ0n) is 17.5. The number of esters is 1. The molecule has 0 saturated carbocycles. The van der Waals surface area contributed by atoms with Crippen molar-refractivity contribution in [2.24, 2.45) is 5.41 Å². The van der Waals surface area contributed by atoms with E-state index in [1.807, 2.05) is 12.1 Å². The summed E-state index contributed by atoms with van der Waals surface area (Å²) in [6.07, 6.45) is 7.11. The summed E-state index contributed by atoms with van der Waals surface area (Å²) >= 11 is 0. The minimum Gasteiger partial charge on any atom is -0.462 e. The Morgan fingerprint density at radius 3 is 2.43 bits per heavy atom. The highest BCUT2D eigenvalue weighted by atomic mass is 19.1. The molecule has 0 radical (unpaired) electrons. The minimum absolute atomic E-state index is 0.0499. The van der Waals surface area contributed by atoms with E-state index < -0.39 is 0 Å². The summed E-state index contributed by atoms with van der Waals surface area (Å²) < 4.78 is 18.9. The molecule has 0 amide bonds. The Hall–Kier alpha value is -1.62. The molecule has 0 spiro atoms. The second-order valence-corrected chi connectivity index (χ2v) is 8.46. The van der Waals surface area contributed by atoms with E-state index in [1.54, 1.807) is 0 Å². The Morgan fingerprint density at radius 1 is 1.07 bits per heavy atom. The predicted octanol–water partition coefficient (Wildman–Crippen LogP) is 4.63. The van der Waals surface area contributed by atoms with E-state index in [-0.39, 0.29) is 23.3 Å². The average Bonchev–Trinajstić information content (AvgIpc) is 3.02. The van der Waals surface area contributed by atoms with Gasteiger partial charge in [0, 0.05) is 44.8 Å². The van der Waals surface area contributed by atoms with Crippen LogP contribution >= 0.6 is 0 Å². The molecule has 2 heterocycles. The van der Waals surface area contributed by atoms with Gasteiger partial charge in [-0.3, -0.25) is 9.69 Å². The summed E-state index contributed by atoms with van der Waals surface area (Å²) in [4.78, 5) is 17.4. The van der Waals surface area contributed by atoms with Crippen molar-refractivity contribution in [2.75, 3.05) is 37.6 Å². The number of anilines is 1. The van der Waals surface area contributed by atoms with Crippen LogP contribution in [0.2, 0.25) is 0 Å². The van der Waals surface area contributed by atoms with Crippen molar-refractivity contribution in [1.82, 2.24) is 4.90 Å². The van der Waals surface area contributed by atoms with Crippen LogP contribution in [0.25, 0.3) is 0 Å².